The van der Waals surface area contributed by atoms with E-state index in [9.17, 15) is 4.79 Å². The van der Waals surface area contributed by atoms with Crippen LogP contribution in [0.5, 0.6) is 0 Å². The molecule has 0 saturated heterocycles. The van der Waals surface area contributed by atoms with Gasteiger partial charge in [-0.05, 0) is 37.1 Å². The molecule has 5 heteroatoms. The number of nitrogens with zero attached hydrogens (tertiary/aromatic N) is 3. The van der Waals surface area contributed by atoms with E-state index >= 15 is 0 Å². The summed E-state index contributed by atoms with van der Waals surface area (Å²) in [5, 5.41) is 3.51. The summed E-state index contributed by atoms with van der Waals surface area (Å²) in [5.74, 6) is 0.101. The number of hydrogen-bond donors (Lipinski definition) is 1. The second-order valence-electron chi connectivity index (χ2n) is 6.17. The molecule has 1 fully saturated rings. The highest BCUT2D eigenvalue weighted by atomic mass is 16.2. The molecule has 1 N–H and O–H groups in total. The first-order chi connectivity index (χ1) is 11.3. The van der Waals surface area contributed by atoms with E-state index in [-0.39, 0.29) is 12.1 Å². The van der Waals surface area contributed by atoms with E-state index in [4.69, 9.17) is 4.98 Å². The predicted molar refractivity (Wildman–Crippen MR) is 87.2 cm³/mol. The highest BCUT2D eigenvalue weighted by molar-refractivity contribution is 6.02. The summed E-state index contributed by atoms with van der Waals surface area (Å²) in [5.41, 5.74) is 3.41. The molecular formula is C18H16N4O. The van der Waals surface area contributed by atoms with Crippen molar-refractivity contribution in [3.8, 4) is 0 Å². The van der Waals surface area contributed by atoms with Crippen LogP contribution in [0, 0.1) is 0 Å². The molecule has 3 aromatic rings. The molecule has 0 spiro atoms. The molecule has 1 saturated carbocycles. The highest BCUT2D eigenvalue weighted by Crippen LogP contribution is 2.40. The van der Waals surface area contributed by atoms with Gasteiger partial charge in [-0.3, -0.25) is 4.79 Å². The predicted octanol–water partition coefficient (Wildman–Crippen LogP) is 3.06. The fraction of sp³-hybridized carbons (Fsp3) is 0.222. The second kappa shape index (κ2) is 4.59. The third-order valence-electron chi connectivity index (χ3n) is 4.57. The van der Waals surface area contributed by atoms with Crippen LogP contribution in [0.1, 0.15) is 35.1 Å². The molecule has 1 amide bonds. The third-order valence-corrected chi connectivity index (χ3v) is 4.57. The van der Waals surface area contributed by atoms with E-state index < -0.39 is 0 Å². The number of nitrogens with one attached hydrogen (secondary N) is 1. The zero-order valence-electron chi connectivity index (χ0n) is 12.5. The third kappa shape index (κ3) is 1.93. The summed E-state index contributed by atoms with van der Waals surface area (Å²) in [6.07, 6.45) is 5.92. The number of hydrogen-bond acceptors (Lipinski definition) is 3. The lowest BCUT2D eigenvalue weighted by Crippen LogP contribution is -2.44. The lowest BCUT2D eigenvalue weighted by Gasteiger charge is -2.37. The second-order valence-corrected chi connectivity index (χ2v) is 6.17. The molecule has 1 aliphatic carbocycles. The van der Waals surface area contributed by atoms with Crippen molar-refractivity contribution in [1.82, 2.24) is 14.3 Å². The number of benzene rings is 1. The summed E-state index contributed by atoms with van der Waals surface area (Å²) in [6.45, 7) is 0. The Labute approximate surface area is 133 Å². The first kappa shape index (κ1) is 12.7. The van der Waals surface area contributed by atoms with Crippen LogP contribution in [0.25, 0.3) is 5.65 Å². The first-order valence-electron chi connectivity index (χ1n) is 7.93. The number of fused-ring (bicyclic) bond motifs is 2. The van der Waals surface area contributed by atoms with Crippen LogP contribution in [0.3, 0.4) is 0 Å². The van der Waals surface area contributed by atoms with Gasteiger partial charge in [-0.15, -0.1) is 0 Å². The van der Waals surface area contributed by atoms with Crippen molar-refractivity contribution in [2.24, 2.45) is 0 Å². The normalized spacial score (nSPS) is 20.4. The molecule has 3 heterocycles. The van der Waals surface area contributed by atoms with Crippen molar-refractivity contribution >= 4 is 17.2 Å². The maximum absolute atomic E-state index is 12.9. The van der Waals surface area contributed by atoms with E-state index in [0.29, 0.717) is 6.04 Å². The van der Waals surface area contributed by atoms with Gasteiger partial charge in [0.1, 0.15) is 17.5 Å². The van der Waals surface area contributed by atoms with Crippen molar-refractivity contribution in [3.05, 3.63) is 66.1 Å². The summed E-state index contributed by atoms with van der Waals surface area (Å²) in [4.78, 5) is 19.6. The largest absolute Gasteiger partial charge is 0.359 e. The van der Waals surface area contributed by atoms with Crippen LogP contribution in [0.15, 0.2) is 54.9 Å². The van der Waals surface area contributed by atoms with Crippen LogP contribution in [-0.4, -0.2) is 26.2 Å². The smallest absolute Gasteiger partial charge is 0.258 e. The van der Waals surface area contributed by atoms with E-state index in [2.05, 4.69) is 5.32 Å². The highest BCUT2D eigenvalue weighted by Gasteiger charge is 2.42. The molecule has 1 aliphatic heterocycles. The van der Waals surface area contributed by atoms with Gasteiger partial charge in [-0.25, -0.2) is 4.98 Å². The quantitative estimate of drug-likeness (QED) is 0.791. The molecule has 0 unspecified atom stereocenters. The van der Waals surface area contributed by atoms with E-state index in [0.717, 1.165) is 35.4 Å². The van der Waals surface area contributed by atoms with Gasteiger partial charge in [0.05, 0.1) is 5.56 Å². The van der Waals surface area contributed by atoms with Crippen molar-refractivity contribution < 1.29 is 4.79 Å². The fourth-order valence-electron chi connectivity index (χ4n) is 3.30. The number of imidazole rings is 1. The van der Waals surface area contributed by atoms with E-state index in [1.54, 1.807) is 0 Å². The Balaban J connectivity index is 1.64. The Kier molecular flexibility index (Phi) is 2.53. The number of carbonyl (C=O) groups excluding carboxylic acids is 1. The van der Waals surface area contributed by atoms with Crippen molar-refractivity contribution in [2.45, 2.75) is 25.0 Å². The molecule has 0 bridgehead atoms. The zero-order chi connectivity index (χ0) is 15.4. The Morgan fingerprint density at radius 2 is 1.91 bits per heavy atom. The minimum atomic E-state index is -0.204. The van der Waals surface area contributed by atoms with Crippen molar-refractivity contribution in [1.29, 1.82) is 0 Å². The summed E-state index contributed by atoms with van der Waals surface area (Å²) < 4.78 is 1.99. The molecule has 5 rings (SSSR count). The maximum atomic E-state index is 12.9. The maximum Gasteiger partial charge on any atom is 0.258 e. The number of aromatic nitrogens is 2. The Morgan fingerprint density at radius 3 is 2.74 bits per heavy atom. The summed E-state index contributed by atoms with van der Waals surface area (Å²) in [7, 11) is 0. The Morgan fingerprint density at radius 1 is 1.09 bits per heavy atom. The van der Waals surface area contributed by atoms with Gasteiger partial charge in [-0.1, -0.05) is 18.2 Å². The lowest BCUT2D eigenvalue weighted by molar-refractivity contribution is 0.0663. The number of amides is 1. The van der Waals surface area contributed by atoms with Crippen LogP contribution in [0.2, 0.25) is 0 Å². The van der Waals surface area contributed by atoms with Crippen LogP contribution >= 0.6 is 0 Å². The van der Waals surface area contributed by atoms with Gasteiger partial charge in [0, 0.05) is 24.1 Å². The summed E-state index contributed by atoms with van der Waals surface area (Å²) >= 11 is 0. The van der Waals surface area contributed by atoms with Gasteiger partial charge in [0.2, 0.25) is 0 Å². The molecule has 2 aliphatic rings. The SMILES string of the molecule is O=C1c2ccccc2N[C@@H](c2cn3ccccc3n2)N1C1CC1. The van der Waals surface area contributed by atoms with Gasteiger partial charge < -0.3 is 14.6 Å². The number of carbonyl (C=O) groups is 1. The Bertz CT molecular complexity index is 879. The van der Waals surface area contributed by atoms with Crippen LogP contribution in [-0.2, 0) is 0 Å². The minimum Gasteiger partial charge on any atom is -0.359 e. The Hall–Kier alpha value is -2.82. The molecule has 1 atom stereocenters. The fourth-order valence-corrected chi connectivity index (χ4v) is 3.30. The van der Waals surface area contributed by atoms with Crippen molar-refractivity contribution in [2.75, 3.05) is 5.32 Å². The van der Waals surface area contributed by atoms with Crippen LogP contribution in [0.4, 0.5) is 5.69 Å². The molecule has 1 aromatic carbocycles. The minimum absolute atomic E-state index is 0.101. The van der Waals surface area contributed by atoms with Gasteiger partial charge in [0.15, 0.2) is 0 Å². The molecule has 114 valence electrons. The van der Waals surface area contributed by atoms with E-state index in [1.807, 2.05) is 64.2 Å². The van der Waals surface area contributed by atoms with E-state index in [1.165, 1.54) is 0 Å². The standard InChI is InChI=1S/C18H16N4O/c23-18-13-5-1-2-6-14(13)20-17(22(18)12-8-9-12)15-11-21-10-4-3-7-16(21)19-15/h1-7,10-12,17,20H,8-9H2/t17-/m1/s1. The molecule has 0 radical (unpaired) electrons. The van der Waals surface area contributed by atoms with Gasteiger partial charge in [-0.2, -0.15) is 0 Å². The van der Waals surface area contributed by atoms with Crippen molar-refractivity contribution in [3.63, 3.8) is 0 Å². The lowest BCUT2D eigenvalue weighted by atomic mass is 10.1. The number of anilines is 1. The van der Waals surface area contributed by atoms with Gasteiger partial charge in [0.25, 0.3) is 5.91 Å². The topological polar surface area (TPSA) is 49.6 Å². The average Bonchev–Trinajstić information content (AvgIpc) is 3.32. The first-order valence-corrected chi connectivity index (χ1v) is 7.93. The average molecular weight is 304 g/mol. The molecular weight excluding hydrogens is 288 g/mol. The molecule has 5 nitrogen and oxygen atoms in total. The number of para-hydroxylation sites is 1. The van der Waals surface area contributed by atoms with Gasteiger partial charge >= 0.3 is 0 Å². The monoisotopic (exact) mass is 304 g/mol. The summed E-state index contributed by atoms with van der Waals surface area (Å²) in [6, 6.07) is 14.0. The molecule has 2 aromatic heterocycles. The zero-order valence-corrected chi connectivity index (χ0v) is 12.5. The number of rotatable bonds is 2. The number of pyridine rings is 1. The molecule has 23 heavy (non-hydrogen) atoms. The van der Waals surface area contributed by atoms with Crippen LogP contribution < -0.4 is 5.32 Å².